The summed E-state index contributed by atoms with van der Waals surface area (Å²) in [7, 11) is 0. The highest BCUT2D eigenvalue weighted by Crippen LogP contribution is 2.81. The highest BCUT2D eigenvalue weighted by Gasteiger charge is 2.92. The predicted octanol–water partition coefficient (Wildman–Crippen LogP) is 0.740. The van der Waals surface area contributed by atoms with Crippen LogP contribution in [-0.2, 0) is 14.3 Å². The summed E-state index contributed by atoms with van der Waals surface area (Å²) in [6, 6.07) is 0. The van der Waals surface area contributed by atoms with Gasteiger partial charge >= 0.3 is 0 Å². The molecule has 0 aromatic heterocycles. The van der Waals surface area contributed by atoms with Crippen molar-refractivity contribution in [2.45, 2.75) is 69.9 Å². The van der Waals surface area contributed by atoms with Crippen molar-refractivity contribution in [3.8, 4) is 0 Å². The molecule has 0 radical (unpaired) electrons. The molecule has 0 aromatic carbocycles. The van der Waals surface area contributed by atoms with E-state index in [0.29, 0.717) is 12.0 Å². The number of ketones is 1. The van der Waals surface area contributed by atoms with Gasteiger partial charge in [0, 0.05) is 23.2 Å². The van der Waals surface area contributed by atoms with E-state index in [0.717, 1.165) is 19.3 Å². The second-order valence-electron chi connectivity index (χ2n) is 10.2. The molecule has 3 N–H and O–H groups in total. The number of Topliss-reactive ketones (excluding diaryl/α,β-unsaturated/α-hetero) is 1. The highest BCUT2D eigenvalue weighted by molar-refractivity contribution is 6.05. The molecule has 4 heterocycles. The zero-order valence-electron chi connectivity index (χ0n) is 15.1. The summed E-state index contributed by atoms with van der Waals surface area (Å²) in [5.41, 5.74) is -1.95. The molecule has 4 aliphatic heterocycles. The van der Waals surface area contributed by atoms with Crippen LogP contribution < -0.4 is 0 Å². The number of rotatable bonds is 0. The Morgan fingerprint density at radius 3 is 2.65 bits per heavy atom. The first-order valence-electron chi connectivity index (χ1n) is 9.79. The number of carbonyl (C=O) groups is 1. The van der Waals surface area contributed by atoms with Crippen molar-refractivity contribution in [3.05, 3.63) is 12.2 Å². The SMILES string of the molecule is C=C1C(=O)[C@@]23[C@@H]4O[C@H]5OC2(O)[C@@H](O)[C@@H]2C(C)(C)CCCC52[C@H]3[C@@H](O)C[C@@H]14. The van der Waals surface area contributed by atoms with Gasteiger partial charge in [-0.2, -0.15) is 0 Å². The van der Waals surface area contributed by atoms with Gasteiger partial charge in [-0.25, -0.2) is 0 Å². The van der Waals surface area contributed by atoms with Crippen molar-refractivity contribution in [2.24, 2.45) is 34.0 Å². The van der Waals surface area contributed by atoms with E-state index < -0.39 is 47.1 Å². The number of carbonyl (C=O) groups excluding carboxylic acids is 1. The van der Waals surface area contributed by atoms with Crippen molar-refractivity contribution in [1.29, 1.82) is 0 Å². The van der Waals surface area contributed by atoms with Gasteiger partial charge in [-0.1, -0.05) is 26.8 Å². The van der Waals surface area contributed by atoms with Gasteiger partial charge in [0.15, 0.2) is 12.1 Å². The second kappa shape index (κ2) is 4.13. The van der Waals surface area contributed by atoms with Crippen LogP contribution in [0.5, 0.6) is 0 Å². The van der Waals surface area contributed by atoms with Crippen LogP contribution >= 0.6 is 0 Å². The van der Waals surface area contributed by atoms with Crippen molar-refractivity contribution in [3.63, 3.8) is 0 Å². The molecule has 4 aliphatic carbocycles. The summed E-state index contributed by atoms with van der Waals surface area (Å²) in [6.45, 7) is 8.16. The molecule has 8 fully saturated rings. The average molecular weight is 362 g/mol. The Kier molecular flexibility index (Phi) is 2.57. The molecule has 26 heavy (non-hydrogen) atoms. The highest BCUT2D eigenvalue weighted by atomic mass is 16.8. The topological polar surface area (TPSA) is 96.2 Å². The van der Waals surface area contributed by atoms with Crippen molar-refractivity contribution in [1.82, 2.24) is 0 Å². The Morgan fingerprint density at radius 1 is 1.19 bits per heavy atom. The van der Waals surface area contributed by atoms with Crippen LogP contribution in [0.2, 0.25) is 0 Å². The van der Waals surface area contributed by atoms with Gasteiger partial charge in [0.25, 0.3) is 0 Å². The lowest BCUT2D eigenvalue weighted by Gasteiger charge is -2.79. The van der Waals surface area contributed by atoms with Crippen LogP contribution in [0.1, 0.15) is 39.5 Å². The van der Waals surface area contributed by atoms with Gasteiger partial charge < -0.3 is 24.8 Å². The fraction of sp³-hybridized carbons (Fsp3) is 0.850. The van der Waals surface area contributed by atoms with E-state index in [-0.39, 0.29) is 23.0 Å². The molecule has 2 unspecified atom stereocenters. The van der Waals surface area contributed by atoms with E-state index in [1.165, 1.54) is 0 Å². The largest absolute Gasteiger partial charge is 0.393 e. The molecule has 0 aromatic rings. The van der Waals surface area contributed by atoms with Crippen molar-refractivity contribution < 1.29 is 29.6 Å². The third kappa shape index (κ3) is 1.21. The first-order valence-corrected chi connectivity index (χ1v) is 9.79. The minimum Gasteiger partial charge on any atom is -0.393 e. The molecule has 6 heteroatoms. The first kappa shape index (κ1) is 16.2. The molecular formula is C20H26O6. The van der Waals surface area contributed by atoms with E-state index >= 15 is 0 Å². The number of hydrogen-bond acceptors (Lipinski definition) is 6. The molecule has 6 nitrogen and oxygen atoms in total. The first-order chi connectivity index (χ1) is 12.1. The van der Waals surface area contributed by atoms with Gasteiger partial charge in [0.2, 0.25) is 5.79 Å². The Morgan fingerprint density at radius 2 is 1.92 bits per heavy atom. The van der Waals surface area contributed by atoms with Crippen molar-refractivity contribution >= 4 is 5.78 Å². The maximum Gasteiger partial charge on any atom is 0.211 e. The average Bonchev–Trinajstić information content (AvgIpc) is 2.70. The third-order valence-electron chi connectivity index (χ3n) is 9.04. The molecule has 4 saturated carbocycles. The lowest BCUT2D eigenvalue weighted by molar-refractivity contribution is -0.554. The van der Waals surface area contributed by atoms with Crippen LogP contribution in [0.4, 0.5) is 0 Å². The maximum absolute atomic E-state index is 13.5. The molecule has 10 atom stereocenters. The summed E-state index contributed by atoms with van der Waals surface area (Å²) >= 11 is 0. The number of aliphatic hydroxyl groups excluding tert-OH is 2. The van der Waals surface area contributed by atoms with Gasteiger partial charge in [-0.3, -0.25) is 4.79 Å². The minimum atomic E-state index is -2.03. The summed E-state index contributed by atoms with van der Waals surface area (Å²) in [5.74, 6) is -3.38. The second-order valence-corrected chi connectivity index (χ2v) is 10.2. The van der Waals surface area contributed by atoms with Gasteiger partial charge in [0.1, 0.15) is 11.5 Å². The van der Waals surface area contributed by atoms with E-state index in [4.69, 9.17) is 9.47 Å². The van der Waals surface area contributed by atoms with Crippen LogP contribution in [0, 0.1) is 34.0 Å². The van der Waals surface area contributed by atoms with Gasteiger partial charge in [-0.15, -0.1) is 0 Å². The molecule has 2 spiro atoms. The van der Waals surface area contributed by atoms with Gasteiger partial charge in [0.05, 0.1) is 12.2 Å². The predicted molar refractivity (Wildman–Crippen MR) is 88.4 cm³/mol. The smallest absolute Gasteiger partial charge is 0.211 e. The summed E-state index contributed by atoms with van der Waals surface area (Å²) in [6.07, 6.45) is -0.195. The van der Waals surface area contributed by atoms with Crippen LogP contribution in [0.25, 0.3) is 0 Å². The minimum absolute atomic E-state index is 0.249. The van der Waals surface area contributed by atoms with Gasteiger partial charge in [-0.05, 0) is 30.3 Å². The molecule has 7 bridgehead atoms. The zero-order valence-corrected chi connectivity index (χ0v) is 15.1. The van der Waals surface area contributed by atoms with Crippen LogP contribution in [0.15, 0.2) is 12.2 Å². The van der Waals surface area contributed by atoms with E-state index in [9.17, 15) is 20.1 Å². The Balaban J connectivity index is 1.70. The lowest BCUT2D eigenvalue weighted by atomic mass is 9.34. The quantitative estimate of drug-likeness (QED) is 0.550. The lowest BCUT2D eigenvalue weighted by Crippen LogP contribution is -2.91. The summed E-state index contributed by atoms with van der Waals surface area (Å²) in [4.78, 5) is 13.5. The number of ether oxygens (including phenoxy) is 2. The van der Waals surface area contributed by atoms with E-state index in [2.05, 4.69) is 20.4 Å². The molecular weight excluding hydrogens is 336 g/mol. The molecule has 8 aliphatic rings. The number of hydrogen-bond donors (Lipinski definition) is 3. The van der Waals surface area contributed by atoms with E-state index in [1.54, 1.807) is 0 Å². The zero-order chi connectivity index (χ0) is 18.4. The molecule has 4 saturated heterocycles. The number of aliphatic hydroxyl groups is 3. The maximum atomic E-state index is 13.5. The standard InChI is InChI=1S/C20H26O6/c1-8-9-7-10(21)11-18-6-4-5-17(2,3)12(18)14(23)20(24)19(11,13(8)22)15(9)25-16(18)26-20/h9-12,14-16,21,23-24H,1,4-7H2,2-3H3/t9-,10-,11+,12+,14-,15+,16-,18?,19-,20?/m0/s1. The normalized spacial score (nSPS) is 64.0. The molecule has 0 amide bonds. The Bertz CT molecular complexity index is 761. The summed E-state index contributed by atoms with van der Waals surface area (Å²) < 4.78 is 12.3. The molecule has 8 rings (SSSR count). The summed E-state index contributed by atoms with van der Waals surface area (Å²) in [5, 5.41) is 34.3. The van der Waals surface area contributed by atoms with Crippen LogP contribution in [0.3, 0.4) is 0 Å². The third-order valence-corrected chi connectivity index (χ3v) is 9.04. The van der Waals surface area contributed by atoms with Crippen molar-refractivity contribution in [2.75, 3.05) is 0 Å². The van der Waals surface area contributed by atoms with E-state index in [1.807, 2.05) is 0 Å². The molecule has 142 valence electrons. The Labute approximate surface area is 152 Å². The fourth-order valence-corrected chi connectivity index (χ4v) is 8.49. The van der Waals surface area contributed by atoms with Crippen LogP contribution in [-0.4, -0.2) is 51.5 Å². The fourth-order valence-electron chi connectivity index (χ4n) is 8.49. The Hall–Kier alpha value is -0.790. The monoisotopic (exact) mass is 362 g/mol.